The molecule has 1 fully saturated rings. The van der Waals surface area contributed by atoms with Gasteiger partial charge in [0.25, 0.3) is 5.91 Å². The van der Waals surface area contributed by atoms with Gasteiger partial charge in [0.2, 0.25) is 11.7 Å². The summed E-state index contributed by atoms with van der Waals surface area (Å²) in [6.07, 6.45) is 3.33. The second kappa shape index (κ2) is 8.80. The molecule has 1 amide bonds. The Morgan fingerprint density at radius 3 is 2.88 bits per heavy atom. The Bertz CT molecular complexity index is 670. The normalized spacial score (nSPS) is 13.4. The standard InChI is InChI=1S/C17H22N4O2.ClH/c1-2-8-18-9-10-19-16(22)14-5-3-4-13(11-14)15-20-17(23-21-15)12-6-7-12;/h3-5,11-12,18H,2,6-10H2,1H3,(H,19,22);1H. The van der Waals surface area contributed by atoms with E-state index in [-0.39, 0.29) is 18.3 Å². The molecule has 1 heterocycles. The third kappa shape index (κ3) is 4.79. The molecule has 1 saturated carbocycles. The van der Waals surface area contributed by atoms with E-state index in [2.05, 4.69) is 27.7 Å². The summed E-state index contributed by atoms with van der Waals surface area (Å²) < 4.78 is 5.28. The molecule has 2 N–H and O–H groups in total. The summed E-state index contributed by atoms with van der Waals surface area (Å²) in [5.74, 6) is 1.59. The van der Waals surface area contributed by atoms with E-state index in [1.54, 1.807) is 12.1 Å². The van der Waals surface area contributed by atoms with Crippen LogP contribution >= 0.6 is 12.4 Å². The number of hydrogen-bond acceptors (Lipinski definition) is 5. The maximum absolute atomic E-state index is 12.2. The lowest BCUT2D eigenvalue weighted by molar-refractivity contribution is 0.0954. The zero-order chi connectivity index (χ0) is 16.1. The number of nitrogens with one attached hydrogen (secondary N) is 2. The maximum Gasteiger partial charge on any atom is 0.251 e. The summed E-state index contributed by atoms with van der Waals surface area (Å²) in [6.45, 7) is 4.46. The number of rotatable bonds is 8. The van der Waals surface area contributed by atoms with Crippen molar-refractivity contribution >= 4 is 18.3 Å². The highest BCUT2D eigenvalue weighted by Gasteiger charge is 2.29. The van der Waals surface area contributed by atoms with Crippen molar-refractivity contribution in [1.29, 1.82) is 0 Å². The molecule has 0 atom stereocenters. The second-order valence-corrected chi connectivity index (χ2v) is 5.82. The number of hydrogen-bond donors (Lipinski definition) is 2. The molecule has 0 spiro atoms. The largest absolute Gasteiger partial charge is 0.351 e. The summed E-state index contributed by atoms with van der Waals surface area (Å²) in [5.41, 5.74) is 1.41. The van der Waals surface area contributed by atoms with Crippen molar-refractivity contribution in [3.63, 3.8) is 0 Å². The third-order valence-electron chi connectivity index (χ3n) is 3.77. The van der Waals surface area contributed by atoms with Crippen LogP contribution in [0.25, 0.3) is 11.4 Å². The number of carbonyl (C=O) groups is 1. The van der Waals surface area contributed by atoms with E-state index in [1.807, 2.05) is 12.1 Å². The van der Waals surface area contributed by atoms with Gasteiger partial charge in [-0.15, -0.1) is 12.4 Å². The summed E-state index contributed by atoms with van der Waals surface area (Å²) in [6, 6.07) is 7.32. The average molecular weight is 351 g/mol. The minimum absolute atomic E-state index is 0. The molecule has 1 aromatic carbocycles. The van der Waals surface area contributed by atoms with Gasteiger partial charge in [-0.1, -0.05) is 24.2 Å². The highest BCUT2D eigenvalue weighted by Crippen LogP contribution is 2.39. The molecular formula is C17H23ClN4O2. The van der Waals surface area contributed by atoms with Crippen LogP contribution in [0.3, 0.4) is 0 Å². The van der Waals surface area contributed by atoms with Gasteiger partial charge < -0.3 is 15.2 Å². The van der Waals surface area contributed by atoms with E-state index >= 15 is 0 Å². The van der Waals surface area contributed by atoms with Gasteiger partial charge in [0.05, 0.1) is 0 Å². The van der Waals surface area contributed by atoms with Crippen LogP contribution < -0.4 is 10.6 Å². The molecule has 130 valence electrons. The van der Waals surface area contributed by atoms with Crippen LogP contribution in [-0.4, -0.2) is 35.7 Å². The highest BCUT2D eigenvalue weighted by atomic mass is 35.5. The first-order valence-electron chi connectivity index (χ1n) is 8.21. The van der Waals surface area contributed by atoms with Crippen molar-refractivity contribution in [2.45, 2.75) is 32.1 Å². The number of nitrogens with zero attached hydrogens (tertiary/aromatic N) is 2. The van der Waals surface area contributed by atoms with Crippen LogP contribution in [0.2, 0.25) is 0 Å². The molecule has 6 nitrogen and oxygen atoms in total. The number of carbonyl (C=O) groups excluding carboxylic acids is 1. The molecule has 0 aliphatic heterocycles. The summed E-state index contributed by atoms with van der Waals surface area (Å²) >= 11 is 0. The molecule has 0 unspecified atom stereocenters. The van der Waals surface area contributed by atoms with E-state index in [0.29, 0.717) is 29.7 Å². The zero-order valence-electron chi connectivity index (χ0n) is 13.7. The fraction of sp³-hybridized carbons (Fsp3) is 0.471. The Kier molecular flexibility index (Phi) is 6.75. The number of benzene rings is 1. The quantitative estimate of drug-likeness (QED) is 0.715. The van der Waals surface area contributed by atoms with Gasteiger partial charge in [0, 0.05) is 30.1 Å². The Hall–Kier alpha value is -1.92. The van der Waals surface area contributed by atoms with Crippen LogP contribution in [0.5, 0.6) is 0 Å². The summed E-state index contributed by atoms with van der Waals surface area (Å²) in [7, 11) is 0. The molecule has 1 aromatic heterocycles. The Balaban J connectivity index is 0.00000208. The van der Waals surface area contributed by atoms with Crippen LogP contribution in [-0.2, 0) is 0 Å². The van der Waals surface area contributed by atoms with Gasteiger partial charge in [-0.05, 0) is 37.9 Å². The molecule has 0 radical (unpaired) electrons. The Morgan fingerprint density at radius 1 is 1.29 bits per heavy atom. The minimum Gasteiger partial charge on any atom is -0.351 e. The monoisotopic (exact) mass is 350 g/mol. The molecule has 7 heteroatoms. The third-order valence-corrected chi connectivity index (χ3v) is 3.77. The van der Waals surface area contributed by atoms with Crippen molar-refractivity contribution in [3.05, 3.63) is 35.7 Å². The van der Waals surface area contributed by atoms with Crippen LogP contribution in [0.15, 0.2) is 28.8 Å². The van der Waals surface area contributed by atoms with Gasteiger partial charge in [-0.3, -0.25) is 4.79 Å². The van der Waals surface area contributed by atoms with E-state index < -0.39 is 0 Å². The number of amides is 1. The lowest BCUT2D eigenvalue weighted by Crippen LogP contribution is -2.32. The van der Waals surface area contributed by atoms with E-state index in [0.717, 1.165) is 37.9 Å². The van der Waals surface area contributed by atoms with Crippen LogP contribution in [0.1, 0.15) is 48.4 Å². The first kappa shape index (κ1) is 18.4. The molecule has 0 saturated heterocycles. The molecule has 2 aromatic rings. The first-order chi connectivity index (χ1) is 11.3. The topological polar surface area (TPSA) is 80.0 Å². The maximum atomic E-state index is 12.2. The molecular weight excluding hydrogens is 328 g/mol. The van der Waals surface area contributed by atoms with Gasteiger partial charge in [0.1, 0.15) is 0 Å². The van der Waals surface area contributed by atoms with Crippen molar-refractivity contribution in [2.24, 2.45) is 0 Å². The van der Waals surface area contributed by atoms with E-state index in [9.17, 15) is 4.79 Å². The van der Waals surface area contributed by atoms with Crippen molar-refractivity contribution in [3.8, 4) is 11.4 Å². The zero-order valence-corrected chi connectivity index (χ0v) is 14.6. The number of aromatic nitrogens is 2. The Morgan fingerprint density at radius 2 is 2.12 bits per heavy atom. The fourth-order valence-corrected chi connectivity index (χ4v) is 2.32. The SMILES string of the molecule is CCCNCCNC(=O)c1cccc(-c2noc(C3CC3)n2)c1.Cl. The minimum atomic E-state index is -0.0870. The van der Waals surface area contributed by atoms with Crippen molar-refractivity contribution in [1.82, 2.24) is 20.8 Å². The molecule has 1 aliphatic carbocycles. The molecule has 0 bridgehead atoms. The second-order valence-electron chi connectivity index (χ2n) is 5.82. The highest BCUT2D eigenvalue weighted by molar-refractivity contribution is 5.95. The van der Waals surface area contributed by atoms with Crippen molar-refractivity contribution in [2.75, 3.05) is 19.6 Å². The van der Waals surface area contributed by atoms with Gasteiger partial charge >= 0.3 is 0 Å². The van der Waals surface area contributed by atoms with Crippen molar-refractivity contribution < 1.29 is 9.32 Å². The molecule has 1 aliphatic rings. The number of halogens is 1. The van der Waals surface area contributed by atoms with E-state index in [1.165, 1.54) is 0 Å². The fourth-order valence-electron chi connectivity index (χ4n) is 2.32. The predicted octanol–water partition coefficient (Wildman–Crippen LogP) is 2.77. The van der Waals surface area contributed by atoms with E-state index in [4.69, 9.17) is 4.52 Å². The predicted molar refractivity (Wildman–Crippen MR) is 94.5 cm³/mol. The Labute approximate surface area is 147 Å². The van der Waals surface area contributed by atoms with Gasteiger partial charge in [-0.2, -0.15) is 4.98 Å². The van der Waals surface area contributed by atoms with Crippen LogP contribution in [0, 0.1) is 0 Å². The molecule has 3 rings (SSSR count). The van der Waals surface area contributed by atoms with Gasteiger partial charge in [0.15, 0.2) is 0 Å². The lowest BCUT2D eigenvalue weighted by atomic mass is 10.1. The first-order valence-corrected chi connectivity index (χ1v) is 8.21. The van der Waals surface area contributed by atoms with Crippen LogP contribution in [0.4, 0.5) is 0 Å². The smallest absolute Gasteiger partial charge is 0.251 e. The van der Waals surface area contributed by atoms with Gasteiger partial charge in [-0.25, -0.2) is 0 Å². The summed E-state index contributed by atoms with van der Waals surface area (Å²) in [4.78, 5) is 16.6. The average Bonchev–Trinajstić information content (AvgIpc) is 3.31. The molecule has 24 heavy (non-hydrogen) atoms. The lowest BCUT2D eigenvalue weighted by Gasteiger charge is -2.06. The summed E-state index contributed by atoms with van der Waals surface area (Å²) in [5, 5.41) is 10.2.